The lowest BCUT2D eigenvalue weighted by Crippen LogP contribution is -2.46. The van der Waals surface area contributed by atoms with Crippen LogP contribution < -0.4 is 10.6 Å². The molecule has 1 aromatic carbocycles. The molecule has 1 unspecified atom stereocenters. The number of carbonyl (C=O) groups excluding carboxylic acids is 2. The van der Waals surface area contributed by atoms with Gasteiger partial charge >= 0.3 is 0 Å². The van der Waals surface area contributed by atoms with Crippen LogP contribution in [0, 0.1) is 0 Å². The number of carbonyl (C=O) groups is 2. The number of hydrogen-bond acceptors (Lipinski definition) is 5. The Morgan fingerprint density at radius 3 is 2.50 bits per heavy atom. The minimum Gasteiger partial charge on any atom is -0.337 e. The third-order valence-corrected chi connectivity index (χ3v) is 6.20. The van der Waals surface area contributed by atoms with Crippen LogP contribution in [0.15, 0.2) is 29.2 Å². The van der Waals surface area contributed by atoms with Gasteiger partial charge in [-0.05, 0) is 44.2 Å². The minimum atomic E-state index is -3.78. The molecule has 0 aliphatic carbocycles. The van der Waals surface area contributed by atoms with Crippen molar-refractivity contribution in [3.05, 3.63) is 24.3 Å². The van der Waals surface area contributed by atoms with Gasteiger partial charge in [-0.1, -0.05) is 0 Å². The number of nitrogens with one attached hydrogen (secondary N) is 2. The Hall–Kier alpha value is -1.97. The van der Waals surface area contributed by atoms with Gasteiger partial charge in [0.05, 0.1) is 11.4 Å². The number of anilines is 1. The SMILES string of the molecule is CNCC1CCCN1C(=O)CN(C)S(=O)(=O)c1ccc(NC(C)=O)cc1. The van der Waals surface area contributed by atoms with Gasteiger partial charge in [0.2, 0.25) is 21.8 Å². The molecule has 2 rings (SSSR count). The van der Waals surface area contributed by atoms with Crippen LogP contribution in [0.2, 0.25) is 0 Å². The second kappa shape index (κ2) is 8.61. The second-order valence-corrected chi connectivity index (χ2v) is 8.45. The topological polar surface area (TPSA) is 98.8 Å². The summed E-state index contributed by atoms with van der Waals surface area (Å²) in [6.45, 7) is 2.54. The molecule has 0 aromatic heterocycles. The predicted octanol–water partition coefficient (Wildman–Crippen LogP) is 0.476. The number of nitrogens with zero attached hydrogens (tertiary/aromatic N) is 2. The summed E-state index contributed by atoms with van der Waals surface area (Å²) in [5, 5.41) is 5.65. The van der Waals surface area contributed by atoms with Gasteiger partial charge in [-0.15, -0.1) is 0 Å². The zero-order valence-electron chi connectivity index (χ0n) is 15.4. The molecule has 1 aliphatic rings. The van der Waals surface area contributed by atoms with Crippen LogP contribution in [0.1, 0.15) is 19.8 Å². The van der Waals surface area contributed by atoms with E-state index in [-0.39, 0.29) is 29.3 Å². The maximum absolute atomic E-state index is 12.7. The predicted molar refractivity (Wildman–Crippen MR) is 99.2 cm³/mol. The fraction of sp³-hybridized carbons (Fsp3) is 0.529. The molecule has 26 heavy (non-hydrogen) atoms. The van der Waals surface area contributed by atoms with E-state index in [1.807, 2.05) is 7.05 Å². The molecular formula is C17H26N4O4S. The van der Waals surface area contributed by atoms with E-state index >= 15 is 0 Å². The van der Waals surface area contributed by atoms with Gasteiger partial charge in [-0.3, -0.25) is 9.59 Å². The number of rotatable bonds is 7. The summed E-state index contributed by atoms with van der Waals surface area (Å²) in [6, 6.07) is 5.99. The fourth-order valence-electron chi connectivity index (χ4n) is 3.07. The highest BCUT2D eigenvalue weighted by molar-refractivity contribution is 7.89. The zero-order valence-corrected chi connectivity index (χ0v) is 16.2. The summed E-state index contributed by atoms with van der Waals surface area (Å²) in [7, 11) is -0.545. The maximum atomic E-state index is 12.7. The average molecular weight is 382 g/mol. The van der Waals surface area contributed by atoms with Crippen LogP contribution in [-0.2, 0) is 19.6 Å². The van der Waals surface area contributed by atoms with Crippen molar-refractivity contribution in [2.75, 3.05) is 39.0 Å². The first-order chi connectivity index (χ1) is 12.3. The van der Waals surface area contributed by atoms with Gasteiger partial charge in [0.25, 0.3) is 0 Å². The van der Waals surface area contributed by atoms with Gasteiger partial charge in [0.15, 0.2) is 0 Å². The number of hydrogen-bond donors (Lipinski definition) is 2. The van der Waals surface area contributed by atoms with Gasteiger partial charge in [-0.2, -0.15) is 4.31 Å². The Labute approximate surface area is 154 Å². The molecule has 0 spiro atoms. The molecule has 1 heterocycles. The van der Waals surface area contributed by atoms with Crippen molar-refractivity contribution in [3.8, 4) is 0 Å². The van der Waals surface area contributed by atoms with Crippen LogP contribution in [0.3, 0.4) is 0 Å². The number of benzene rings is 1. The molecule has 0 radical (unpaired) electrons. The number of likely N-dealkylation sites (tertiary alicyclic amines) is 1. The van der Waals surface area contributed by atoms with Crippen LogP contribution in [-0.4, -0.2) is 69.2 Å². The third-order valence-electron chi connectivity index (χ3n) is 4.38. The Morgan fingerprint density at radius 2 is 1.92 bits per heavy atom. The largest absolute Gasteiger partial charge is 0.337 e. The third kappa shape index (κ3) is 4.80. The first-order valence-electron chi connectivity index (χ1n) is 8.53. The fourth-order valence-corrected chi connectivity index (χ4v) is 4.19. The quantitative estimate of drug-likeness (QED) is 0.715. The Morgan fingerprint density at radius 1 is 1.27 bits per heavy atom. The highest BCUT2D eigenvalue weighted by Gasteiger charge is 2.31. The molecule has 1 saturated heterocycles. The molecule has 2 amide bonds. The van der Waals surface area contributed by atoms with Gasteiger partial charge < -0.3 is 15.5 Å². The summed E-state index contributed by atoms with van der Waals surface area (Å²) in [5.41, 5.74) is 0.516. The van der Waals surface area contributed by atoms with Crippen molar-refractivity contribution in [1.82, 2.24) is 14.5 Å². The highest BCUT2D eigenvalue weighted by atomic mass is 32.2. The summed E-state index contributed by atoms with van der Waals surface area (Å²) in [4.78, 5) is 25.4. The van der Waals surface area contributed by atoms with E-state index in [1.54, 1.807) is 4.90 Å². The molecule has 1 aromatic rings. The van der Waals surface area contributed by atoms with E-state index in [4.69, 9.17) is 0 Å². The van der Waals surface area contributed by atoms with E-state index in [9.17, 15) is 18.0 Å². The lowest BCUT2D eigenvalue weighted by Gasteiger charge is -2.26. The van der Waals surface area contributed by atoms with E-state index in [2.05, 4.69) is 10.6 Å². The number of sulfonamides is 1. The monoisotopic (exact) mass is 382 g/mol. The van der Waals surface area contributed by atoms with Crippen LogP contribution in [0.25, 0.3) is 0 Å². The molecule has 2 N–H and O–H groups in total. The maximum Gasteiger partial charge on any atom is 0.243 e. The summed E-state index contributed by atoms with van der Waals surface area (Å²) in [6.07, 6.45) is 1.85. The summed E-state index contributed by atoms with van der Waals surface area (Å²) in [5.74, 6) is -0.422. The van der Waals surface area contributed by atoms with Crippen LogP contribution in [0.5, 0.6) is 0 Å². The first kappa shape index (κ1) is 20.3. The molecule has 144 valence electrons. The average Bonchev–Trinajstić information content (AvgIpc) is 3.03. The molecule has 9 heteroatoms. The van der Waals surface area contributed by atoms with Crippen molar-refractivity contribution >= 4 is 27.5 Å². The lowest BCUT2D eigenvalue weighted by molar-refractivity contribution is -0.131. The molecule has 1 atom stereocenters. The van der Waals surface area contributed by atoms with Crippen LogP contribution in [0.4, 0.5) is 5.69 Å². The van der Waals surface area contributed by atoms with Crippen molar-refractivity contribution in [1.29, 1.82) is 0 Å². The molecule has 0 bridgehead atoms. The Balaban J connectivity index is 2.06. The number of likely N-dealkylation sites (N-methyl/N-ethyl adjacent to an activating group) is 2. The molecule has 1 fully saturated rings. The van der Waals surface area contributed by atoms with Gasteiger partial charge in [0.1, 0.15) is 0 Å². The Kier molecular flexibility index (Phi) is 6.74. The minimum absolute atomic E-state index is 0.0788. The highest BCUT2D eigenvalue weighted by Crippen LogP contribution is 2.20. The van der Waals surface area contributed by atoms with Gasteiger partial charge in [-0.25, -0.2) is 8.42 Å². The van der Waals surface area contributed by atoms with Crippen molar-refractivity contribution in [2.45, 2.75) is 30.7 Å². The van der Waals surface area contributed by atoms with Crippen molar-refractivity contribution in [2.24, 2.45) is 0 Å². The molecular weight excluding hydrogens is 356 g/mol. The summed E-state index contributed by atoms with van der Waals surface area (Å²) < 4.78 is 26.4. The first-order valence-corrected chi connectivity index (χ1v) is 9.97. The van der Waals surface area contributed by atoms with E-state index in [0.29, 0.717) is 18.8 Å². The van der Waals surface area contributed by atoms with E-state index in [0.717, 1.165) is 17.1 Å². The lowest BCUT2D eigenvalue weighted by atomic mass is 10.2. The number of amides is 2. The smallest absolute Gasteiger partial charge is 0.243 e. The molecule has 8 nitrogen and oxygen atoms in total. The molecule has 0 saturated carbocycles. The van der Waals surface area contributed by atoms with Crippen LogP contribution >= 0.6 is 0 Å². The summed E-state index contributed by atoms with van der Waals surface area (Å²) >= 11 is 0. The van der Waals surface area contributed by atoms with E-state index in [1.165, 1.54) is 38.2 Å². The second-order valence-electron chi connectivity index (χ2n) is 6.41. The normalized spacial score (nSPS) is 17.5. The van der Waals surface area contributed by atoms with E-state index < -0.39 is 10.0 Å². The van der Waals surface area contributed by atoms with Gasteiger partial charge in [0, 0.05) is 38.8 Å². The van der Waals surface area contributed by atoms with Crippen molar-refractivity contribution in [3.63, 3.8) is 0 Å². The standard InChI is InChI=1S/C17H26N4O4S/c1-13(22)19-14-6-8-16(9-7-14)26(24,25)20(3)12-17(23)21-10-4-5-15(21)11-18-2/h6-9,15,18H,4-5,10-12H2,1-3H3,(H,19,22). The zero-order chi connectivity index (χ0) is 19.3. The van der Waals surface area contributed by atoms with Crippen molar-refractivity contribution < 1.29 is 18.0 Å². The Bertz CT molecular complexity index is 749. The molecule has 1 aliphatic heterocycles.